The standard InChI is InChI=1S/C17H27F3N6OS/c1-3-22-16(23-7-4-15-25-13(11-28-15)17(18,19)20)24-12-5-8-26(9-6-12)10-14(27)21-2/h11-12H,3-10H2,1-2H3,(H,21,27)(H2,22,23,24). The van der Waals surface area contributed by atoms with Crippen molar-refractivity contribution in [2.75, 3.05) is 39.8 Å². The van der Waals surface area contributed by atoms with Crippen LogP contribution in [0.4, 0.5) is 13.2 Å². The van der Waals surface area contributed by atoms with E-state index in [0.29, 0.717) is 37.0 Å². The number of aliphatic imine (C=N–C) groups is 1. The van der Waals surface area contributed by atoms with Gasteiger partial charge in [-0.05, 0) is 19.8 Å². The molecule has 1 fully saturated rings. The predicted octanol–water partition coefficient (Wildman–Crippen LogP) is 1.47. The van der Waals surface area contributed by atoms with Crippen LogP contribution in [0.1, 0.15) is 30.5 Å². The van der Waals surface area contributed by atoms with Crippen molar-refractivity contribution in [2.45, 2.75) is 38.4 Å². The van der Waals surface area contributed by atoms with Crippen molar-refractivity contribution in [1.29, 1.82) is 0 Å². The van der Waals surface area contributed by atoms with E-state index in [0.717, 1.165) is 42.6 Å². The molecule has 2 rings (SSSR count). The van der Waals surface area contributed by atoms with Gasteiger partial charge in [-0.15, -0.1) is 11.3 Å². The highest BCUT2D eigenvalue weighted by Crippen LogP contribution is 2.30. The molecule has 0 unspecified atom stereocenters. The molecule has 11 heteroatoms. The number of piperidine rings is 1. The Hall–Kier alpha value is -1.88. The van der Waals surface area contributed by atoms with Gasteiger partial charge in [0.2, 0.25) is 5.91 Å². The first-order valence-corrected chi connectivity index (χ1v) is 10.2. The van der Waals surface area contributed by atoms with Crippen LogP contribution >= 0.6 is 11.3 Å². The van der Waals surface area contributed by atoms with Crippen molar-refractivity contribution in [2.24, 2.45) is 4.99 Å². The molecule has 2 heterocycles. The van der Waals surface area contributed by atoms with Crippen molar-refractivity contribution in [1.82, 2.24) is 25.8 Å². The van der Waals surface area contributed by atoms with Gasteiger partial charge in [0, 0.05) is 51.1 Å². The van der Waals surface area contributed by atoms with Crippen LogP contribution < -0.4 is 16.0 Å². The van der Waals surface area contributed by atoms with Crippen LogP contribution in [0.3, 0.4) is 0 Å². The second-order valence-corrected chi connectivity index (χ2v) is 7.45. The lowest BCUT2D eigenvalue weighted by molar-refractivity contribution is -0.140. The van der Waals surface area contributed by atoms with Crippen molar-refractivity contribution in [3.05, 3.63) is 16.1 Å². The number of amides is 1. The molecule has 1 aromatic heterocycles. The number of likely N-dealkylation sites (N-methyl/N-ethyl adjacent to an activating group) is 1. The summed E-state index contributed by atoms with van der Waals surface area (Å²) in [6.07, 6.45) is -2.26. The summed E-state index contributed by atoms with van der Waals surface area (Å²) >= 11 is 1.00. The largest absolute Gasteiger partial charge is 0.434 e. The zero-order chi connectivity index (χ0) is 20.6. The summed E-state index contributed by atoms with van der Waals surface area (Å²) in [5.41, 5.74) is -0.843. The number of hydrogen-bond donors (Lipinski definition) is 3. The van der Waals surface area contributed by atoms with Crippen LogP contribution in [0.15, 0.2) is 10.4 Å². The zero-order valence-electron chi connectivity index (χ0n) is 16.1. The van der Waals surface area contributed by atoms with E-state index >= 15 is 0 Å². The molecular weight excluding hydrogens is 393 g/mol. The monoisotopic (exact) mass is 420 g/mol. The minimum absolute atomic E-state index is 0.0113. The van der Waals surface area contributed by atoms with Crippen LogP contribution in [0.25, 0.3) is 0 Å². The van der Waals surface area contributed by atoms with Gasteiger partial charge in [-0.2, -0.15) is 13.2 Å². The predicted molar refractivity (Wildman–Crippen MR) is 103 cm³/mol. The lowest BCUT2D eigenvalue weighted by Crippen LogP contribution is -2.50. The zero-order valence-corrected chi connectivity index (χ0v) is 16.9. The van der Waals surface area contributed by atoms with Gasteiger partial charge in [0.1, 0.15) is 0 Å². The summed E-state index contributed by atoms with van der Waals surface area (Å²) in [6, 6.07) is 0.246. The molecule has 0 aromatic carbocycles. The smallest absolute Gasteiger partial charge is 0.358 e. The Morgan fingerprint density at radius 3 is 2.68 bits per heavy atom. The van der Waals surface area contributed by atoms with E-state index in [9.17, 15) is 18.0 Å². The van der Waals surface area contributed by atoms with Crippen molar-refractivity contribution in [3.8, 4) is 0 Å². The lowest BCUT2D eigenvalue weighted by atomic mass is 10.1. The number of thiazole rings is 1. The number of carbonyl (C=O) groups excluding carboxylic acids is 1. The first kappa shape index (κ1) is 22.4. The highest BCUT2D eigenvalue weighted by molar-refractivity contribution is 7.09. The minimum Gasteiger partial charge on any atom is -0.358 e. The fourth-order valence-electron chi connectivity index (χ4n) is 2.85. The molecule has 3 N–H and O–H groups in total. The molecule has 0 radical (unpaired) electrons. The number of nitrogens with zero attached hydrogens (tertiary/aromatic N) is 3. The molecule has 0 bridgehead atoms. The molecule has 7 nitrogen and oxygen atoms in total. The second kappa shape index (κ2) is 10.6. The van der Waals surface area contributed by atoms with Gasteiger partial charge in [0.25, 0.3) is 0 Å². The number of aromatic nitrogens is 1. The first-order valence-electron chi connectivity index (χ1n) is 9.31. The Labute approximate surface area is 166 Å². The van der Waals surface area contributed by atoms with Crippen molar-refractivity contribution >= 4 is 23.2 Å². The molecule has 1 aliphatic heterocycles. The maximum atomic E-state index is 12.6. The number of halogens is 3. The van der Waals surface area contributed by atoms with Gasteiger partial charge >= 0.3 is 6.18 Å². The van der Waals surface area contributed by atoms with Crippen LogP contribution in [-0.2, 0) is 17.4 Å². The third-order valence-corrected chi connectivity index (χ3v) is 5.27. The summed E-state index contributed by atoms with van der Waals surface area (Å²) in [4.78, 5) is 21.6. The first-order chi connectivity index (χ1) is 13.3. The number of rotatable bonds is 7. The van der Waals surface area contributed by atoms with E-state index in [2.05, 4.69) is 30.8 Å². The fraction of sp³-hybridized carbons (Fsp3) is 0.706. The molecule has 1 aromatic rings. The molecule has 0 atom stereocenters. The lowest BCUT2D eigenvalue weighted by Gasteiger charge is -2.32. The quantitative estimate of drug-likeness (QED) is 0.460. The molecule has 1 amide bonds. The molecule has 0 saturated carbocycles. The van der Waals surface area contributed by atoms with Crippen LogP contribution in [0.5, 0.6) is 0 Å². The maximum Gasteiger partial charge on any atom is 0.434 e. The maximum absolute atomic E-state index is 12.6. The number of hydrogen-bond acceptors (Lipinski definition) is 5. The van der Waals surface area contributed by atoms with Gasteiger partial charge in [-0.1, -0.05) is 0 Å². The Bertz CT molecular complexity index is 656. The SMILES string of the molecule is CCNC(=NCCc1nc(C(F)(F)F)cs1)NC1CCN(CC(=O)NC)CC1. The van der Waals surface area contributed by atoms with E-state index in [1.807, 2.05) is 6.92 Å². The van der Waals surface area contributed by atoms with Gasteiger partial charge in [0.05, 0.1) is 11.6 Å². The van der Waals surface area contributed by atoms with E-state index < -0.39 is 11.9 Å². The normalized spacial score (nSPS) is 16.8. The van der Waals surface area contributed by atoms with Crippen molar-refractivity contribution in [3.63, 3.8) is 0 Å². The molecule has 158 valence electrons. The summed E-state index contributed by atoms with van der Waals surface area (Å²) in [5, 5.41) is 10.6. The number of carbonyl (C=O) groups is 1. The molecule has 0 aliphatic carbocycles. The molecular formula is C17H27F3N6OS. The molecule has 28 heavy (non-hydrogen) atoms. The topological polar surface area (TPSA) is 81.7 Å². The van der Waals surface area contributed by atoms with E-state index in [-0.39, 0.29) is 11.9 Å². The Balaban J connectivity index is 1.81. The average molecular weight is 421 g/mol. The van der Waals surface area contributed by atoms with E-state index in [4.69, 9.17) is 0 Å². The number of guanidine groups is 1. The summed E-state index contributed by atoms with van der Waals surface area (Å²) in [6.45, 7) is 5.06. The van der Waals surface area contributed by atoms with Crippen LogP contribution in [0.2, 0.25) is 0 Å². The average Bonchev–Trinajstić information content (AvgIpc) is 3.13. The Morgan fingerprint density at radius 2 is 2.11 bits per heavy atom. The minimum atomic E-state index is -4.40. The Morgan fingerprint density at radius 1 is 1.39 bits per heavy atom. The highest BCUT2D eigenvalue weighted by atomic mass is 32.1. The van der Waals surface area contributed by atoms with Crippen molar-refractivity contribution < 1.29 is 18.0 Å². The highest BCUT2D eigenvalue weighted by Gasteiger charge is 2.33. The number of likely N-dealkylation sites (tertiary alicyclic amines) is 1. The van der Waals surface area contributed by atoms with Gasteiger partial charge in [-0.25, -0.2) is 4.98 Å². The van der Waals surface area contributed by atoms with Crippen LogP contribution in [-0.4, -0.2) is 67.6 Å². The van der Waals surface area contributed by atoms with E-state index in [1.54, 1.807) is 7.05 Å². The fourth-order valence-corrected chi connectivity index (χ4v) is 3.64. The van der Waals surface area contributed by atoms with Gasteiger partial charge < -0.3 is 16.0 Å². The molecule has 1 saturated heterocycles. The second-order valence-electron chi connectivity index (χ2n) is 6.50. The number of nitrogens with one attached hydrogen (secondary N) is 3. The summed E-state index contributed by atoms with van der Waals surface area (Å²) in [7, 11) is 1.63. The summed E-state index contributed by atoms with van der Waals surface area (Å²) in [5.74, 6) is 0.664. The Kier molecular flexibility index (Phi) is 8.49. The van der Waals surface area contributed by atoms with Gasteiger partial charge in [-0.3, -0.25) is 14.7 Å². The third kappa shape index (κ3) is 7.27. The van der Waals surface area contributed by atoms with Gasteiger partial charge in [0.15, 0.2) is 11.7 Å². The number of alkyl halides is 3. The molecule has 0 spiro atoms. The molecule has 1 aliphatic rings. The van der Waals surface area contributed by atoms with E-state index in [1.165, 1.54) is 0 Å². The third-order valence-electron chi connectivity index (χ3n) is 4.36. The summed E-state index contributed by atoms with van der Waals surface area (Å²) < 4.78 is 37.8. The van der Waals surface area contributed by atoms with Crippen LogP contribution in [0, 0.1) is 0 Å².